The molecule has 1 heterocycles. The zero-order valence-electron chi connectivity index (χ0n) is 11.1. The SMILES string of the molecule is CC(C)Oc1ccc(-c2cc(CC#N)ccn2)cc1. The Balaban J connectivity index is 2.22. The van der Waals surface area contributed by atoms with Gasteiger partial charge in [-0.1, -0.05) is 0 Å². The predicted octanol–water partition coefficient (Wildman–Crippen LogP) is 3.60. The molecule has 0 saturated carbocycles. The van der Waals surface area contributed by atoms with Crippen LogP contribution in [0.15, 0.2) is 42.6 Å². The molecular weight excluding hydrogens is 236 g/mol. The topological polar surface area (TPSA) is 45.9 Å². The maximum absolute atomic E-state index is 8.71. The molecule has 2 rings (SSSR count). The van der Waals surface area contributed by atoms with Crippen LogP contribution in [-0.2, 0) is 6.42 Å². The van der Waals surface area contributed by atoms with E-state index in [1.165, 1.54) is 0 Å². The molecule has 3 nitrogen and oxygen atoms in total. The molecule has 96 valence electrons. The quantitative estimate of drug-likeness (QED) is 0.835. The van der Waals surface area contributed by atoms with Gasteiger partial charge >= 0.3 is 0 Å². The molecule has 1 aromatic carbocycles. The summed E-state index contributed by atoms with van der Waals surface area (Å²) in [5.41, 5.74) is 2.88. The van der Waals surface area contributed by atoms with E-state index in [0.29, 0.717) is 6.42 Å². The van der Waals surface area contributed by atoms with Gasteiger partial charge < -0.3 is 4.74 Å². The van der Waals surface area contributed by atoms with Gasteiger partial charge in [0.2, 0.25) is 0 Å². The van der Waals surface area contributed by atoms with Crippen LogP contribution in [0.1, 0.15) is 19.4 Å². The first-order valence-corrected chi connectivity index (χ1v) is 6.28. The van der Waals surface area contributed by atoms with Crippen molar-refractivity contribution in [3.8, 4) is 23.1 Å². The van der Waals surface area contributed by atoms with Gasteiger partial charge in [-0.25, -0.2) is 0 Å². The van der Waals surface area contributed by atoms with Gasteiger partial charge in [0.25, 0.3) is 0 Å². The summed E-state index contributed by atoms with van der Waals surface area (Å²) in [5, 5.41) is 8.71. The third-order valence-electron chi connectivity index (χ3n) is 2.63. The molecule has 0 atom stereocenters. The molecule has 0 amide bonds. The summed E-state index contributed by atoms with van der Waals surface area (Å²) >= 11 is 0. The smallest absolute Gasteiger partial charge is 0.119 e. The van der Waals surface area contributed by atoms with Crippen LogP contribution in [0.4, 0.5) is 0 Å². The highest BCUT2D eigenvalue weighted by Crippen LogP contribution is 2.22. The van der Waals surface area contributed by atoms with Gasteiger partial charge in [-0.2, -0.15) is 5.26 Å². The van der Waals surface area contributed by atoms with Crippen LogP contribution in [0.2, 0.25) is 0 Å². The van der Waals surface area contributed by atoms with Crippen LogP contribution in [0, 0.1) is 11.3 Å². The number of rotatable bonds is 4. The Morgan fingerprint density at radius 3 is 2.58 bits per heavy atom. The van der Waals surface area contributed by atoms with Crippen molar-refractivity contribution in [2.75, 3.05) is 0 Å². The van der Waals surface area contributed by atoms with Crippen LogP contribution in [0.3, 0.4) is 0 Å². The zero-order valence-corrected chi connectivity index (χ0v) is 11.1. The first-order valence-electron chi connectivity index (χ1n) is 6.28. The average molecular weight is 252 g/mol. The Morgan fingerprint density at radius 2 is 1.95 bits per heavy atom. The van der Waals surface area contributed by atoms with Crippen LogP contribution >= 0.6 is 0 Å². The van der Waals surface area contributed by atoms with E-state index in [2.05, 4.69) is 11.1 Å². The lowest BCUT2D eigenvalue weighted by atomic mass is 10.1. The fourth-order valence-electron chi connectivity index (χ4n) is 1.81. The minimum atomic E-state index is 0.169. The number of nitriles is 1. The lowest BCUT2D eigenvalue weighted by molar-refractivity contribution is 0.242. The Morgan fingerprint density at radius 1 is 1.21 bits per heavy atom. The Labute approximate surface area is 113 Å². The van der Waals surface area contributed by atoms with E-state index in [1.807, 2.05) is 50.2 Å². The molecule has 3 heteroatoms. The monoisotopic (exact) mass is 252 g/mol. The molecule has 0 aliphatic carbocycles. The summed E-state index contributed by atoms with van der Waals surface area (Å²) in [4.78, 5) is 4.33. The maximum Gasteiger partial charge on any atom is 0.119 e. The number of hydrogen-bond acceptors (Lipinski definition) is 3. The first-order chi connectivity index (χ1) is 9.19. The molecule has 0 bridgehead atoms. The number of aromatic nitrogens is 1. The molecule has 2 aromatic rings. The average Bonchev–Trinajstić information content (AvgIpc) is 2.40. The van der Waals surface area contributed by atoms with Crippen molar-refractivity contribution in [1.29, 1.82) is 5.26 Å². The van der Waals surface area contributed by atoms with Gasteiger partial charge in [0.15, 0.2) is 0 Å². The summed E-state index contributed by atoms with van der Waals surface area (Å²) in [6, 6.07) is 13.8. The zero-order chi connectivity index (χ0) is 13.7. The predicted molar refractivity (Wildman–Crippen MR) is 74.8 cm³/mol. The van der Waals surface area contributed by atoms with Gasteiger partial charge in [-0.15, -0.1) is 0 Å². The number of ether oxygens (including phenoxy) is 1. The second-order valence-corrected chi connectivity index (χ2v) is 4.58. The third kappa shape index (κ3) is 3.56. The maximum atomic E-state index is 8.71. The number of hydrogen-bond donors (Lipinski definition) is 0. The van der Waals surface area contributed by atoms with Crippen molar-refractivity contribution < 1.29 is 4.74 Å². The van der Waals surface area contributed by atoms with Crippen molar-refractivity contribution >= 4 is 0 Å². The minimum absolute atomic E-state index is 0.169. The number of pyridine rings is 1. The highest BCUT2D eigenvalue weighted by atomic mass is 16.5. The van der Waals surface area contributed by atoms with Crippen molar-refractivity contribution in [3.63, 3.8) is 0 Å². The molecule has 0 aliphatic rings. The summed E-state index contributed by atoms with van der Waals surface area (Å²) < 4.78 is 5.60. The molecule has 0 spiro atoms. The summed E-state index contributed by atoms with van der Waals surface area (Å²) in [6.45, 7) is 4.00. The largest absolute Gasteiger partial charge is 0.491 e. The summed E-state index contributed by atoms with van der Waals surface area (Å²) in [5.74, 6) is 0.854. The second kappa shape index (κ2) is 6.01. The second-order valence-electron chi connectivity index (χ2n) is 4.58. The molecule has 0 saturated heterocycles. The molecule has 0 N–H and O–H groups in total. The van der Waals surface area contributed by atoms with Crippen LogP contribution in [-0.4, -0.2) is 11.1 Å². The summed E-state index contributed by atoms with van der Waals surface area (Å²) in [6.07, 6.45) is 2.31. The van der Waals surface area contributed by atoms with E-state index in [4.69, 9.17) is 10.00 Å². The third-order valence-corrected chi connectivity index (χ3v) is 2.63. The fourth-order valence-corrected chi connectivity index (χ4v) is 1.81. The van der Waals surface area contributed by atoms with Crippen LogP contribution < -0.4 is 4.74 Å². The van der Waals surface area contributed by atoms with Gasteiger partial charge in [0.1, 0.15) is 5.75 Å². The van der Waals surface area contributed by atoms with Gasteiger partial charge in [0, 0.05) is 11.8 Å². The van der Waals surface area contributed by atoms with E-state index in [-0.39, 0.29) is 6.10 Å². The fraction of sp³-hybridized carbons (Fsp3) is 0.250. The first kappa shape index (κ1) is 13.1. The van der Waals surface area contributed by atoms with Crippen molar-refractivity contribution in [2.45, 2.75) is 26.4 Å². The van der Waals surface area contributed by atoms with E-state index in [9.17, 15) is 0 Å². The standard InChI is InChI=1S/C16H16N2O/c1-12(2)19-15-5-3-14(4-6-15)16-11-13(7-9-17)8-10-18-16/h3-6,8,10-12H,7H2,1-2H3. The molecule has 0 unspecified atom stereocenters. The van der Waals surface area contributed by atoms with E-state index in [1.54, 1.807) is 6.20 Å². The molecule has 19 heavy (non-hydrogen) atoms. The minimum Gasteiger partial charge on any atom is -0.491 e. The normalized spacial score (nSPS) is 10.2. The lowest BCUT2D eigenvalue weighted by Gasteiger charge is -2.10. The van der Waals surface area contributed by atoms with Crippen LogP contribution in [0.25, 0.3) is 11.3 Å². The molecule has 0 fully saturated rings. The Hall–Kier alpha value is -2.34. The highest BCUT2D eigenvalue weighted by molar-refractivity contribution is 5.60. The Bertz CT molecular complexity index is 582. The Kier molecular flexibility index (Phi) is 4.15. The van der Waals surface area contributed by atoms with E-state index >= 15 is 0 Å². The van der Waals surface area contributed by atoms with Crippen molar-refractivity contribution in [1.82, 2.24) is 4.98 Å². The molecule has 0 radical (unpaired) electrons. The number of nitrogens with zero attached hydrogens (tertiary/aromatic N) is 2. The van der Waals surface area contributed by atoms with Crippen molar-refractivity contribution in [3.05, 3.63) is 48.2 Å². The molecule has 1 aromatic heterocycles. The van der Waals surface area contributed by atoms with Gasteiger partial charge in [-0.3, -0.25) is 4.98 Å². The van der Waals surface area contributed by atoms with Crippen LogP contribution in [0.5, 0.6) is 5.75 Å². The number of benzene rings is 1. The van der Waals surface area contributed by atoms with Gasteiger partial charge in [0.05, 0.1) is 24.3 Å². The highest BCUT2D eigenvalue weighted by Gasteiger charge is 2.02. The molecular formula is C16H16N2O. The van der Waals surface area contributed by atoms with E-state index < -0.39 is 0 Å². The molecule has 0 aliphatic heterocycles. The van der Waals surface area contributed by atoms with Gasteiger partial charge in [-0.05, 0) is 55.8 Å². The lowest BCUT2D eigenvalue weighted by Crippen LogP contribution is -2.05. The summed E-state index contributed by atoms with van der Waals surface area (Å²) in [7, 11) is 0. The van der Waals surface area contributed by atoms with Crippen molar-refractivity contribution in [2.24, 2.45) is 0 Å². The van der Waals surface area contributed by atoms with E-state index in [0.717, 1.165) is 22.6 Å².